The van der Waals surface area contributed by atoms with Gasteiger partial charge in [0.2, 0.25) is 0 Å². The van der Waals surface area contributed by atoms with Crippen molar-refractivity contribution in [3.05, 3.63) is 35.5 Å². The van der Waals surface area contributed by atoms with Crippen LogP contribution in [0, 0.1) is 0 Å². The molecule has 15 heavy (non-hydrogen) atoms. The number of anilines is 3. The summed E-state index contributed by atoms with van der Waals surface area (Å²) < 4.78 is 0.842. The molecule has 76 valence electrons. The van der Waals surface area contributed by atoms with E-state index in [2.05, 4.69) is 36.2 Å². The Kier molecular flexibility index (Phi) is 2.77. The second-order valence-corrected chi connectivity index (χ2v) is 3.76. The van der Waals surface area contributed by atoms with Crippen LogP contribution >= 0.6 is 15.9 Å². The van der Waals surface area contributed by atoms with Gasteiger partial charge < -0.3 is 11.1 Å². The summed E-state index contributed by atoms with van der Waals surface area (Å²) in [6, 6.07) is 1.78. The minimum absolute atomic E-state index is 0.563. The maximum atomic E-state index is 5.77. The summed E-state index contributed by atoms with van der Waals surface area (Å²) in [7, 11) is 0. The molecule has 0 bridgehead atoms. The average molecular weight is 266 g/mol. The molecule has 0 saturated heterocycles. The molecule has 0 radical (unpaired) electrons. The van der Waals surface area contributed by atoms with E-state index in [1.54, 1.807) is 24.7 Å². The third kappa shape index (κ3) is 2.41. The van der Waals surface area contributed by atoms with Crippen molar-refractivity contribution >= 4 is 33.1 Å². The van der Waals surface area contributed by atoms with Gasteiger partial charge in [0.25, 0.3) is 0 Å². The highest BCUT2D eigenvalue weighted by Gasteiger charge is 2.01. The minimum Gasteiger partial charge on any atom is -0.396 e. The lowest BCUT2D eigenvalue weighted by Crippen LogP contribution is -1.99. The van der Waals surface area contributed by atoms with Crippen LogP contribution in [-0.2, 0) is 0 Å². The first kappa shape index (κ1) is 9.85. The number of halogens is 1. The van der Waals surface area contributed by atoms with Crippen molar-refractivity contribution < 1.29 is 0 Å². The molecule has 2 rings (SSSR count). The molecule has 0 spiro atoms. The van der Waals surface area contributed by atoms with Crippen LogP contribution in [0.25, 0.3) is 0 Å². The Morgan fingerprint density at radius 1 is 1.20 bits per heavy atom. The van der Waals surface area contributed by atoms with Crippen molar-refractivity contribution in [3.63, 3.8) is 0 Å². The number of hydrogen-bond donors (Lipinski definition) is 2. The van der Waals surface area contributed by atoms with Gasteiger partial charge in [-0.1, -0.05) is 0 Å². The molecular formula is C9H8BrN5. The Bertz CT molecular complexity index is 459. The number of pyridine rings is 1. The molecule has 6 heteroatoms. The summed E-state index contributed by atoms with van der Waals surface area (Å²) in [4.78, 5) is 11.9. The maximum Gasteiger partial charge on any atom is 0.153 e. The van der Waals surface area contributed by atoms with E-state index in [-0.39, 0.29) is 0 Å². The summed E-state index contributed by atoms with van der Waals surface area (Å²) in [6.07, 6.45) is 6.43. The van der Waals surface area contributed by atoms with Crippen molar-refractivity contribution in [2.45, 2.75) is 0 Å². The molecule has 0 aliphatic heterocycles. The SMILES string of the molecule is Nc1cc(Br)cnc1Nc1cncnc1. The lowest BCUT2D eigenvalue weighted by molar-refractivity contribution is 1.16. The van der Waals surface area contributed by atoms with E-state index in [0.717, 1.165) is 10.2 Å². The Hall–Kier alpha value is -1.69. The van der Waals surface area contributed by atoms with Crippen molar-refractivity contribution in [3.8, 4) is 0 Å². The summed E-state index contributed by atoms with van der Waals surface area (Å²) in [5.41, 5.74) is 7.09. The highest BCUT2D eigenvalue weighted by molar-refractivity contribution is 9.10. The molecule has 0 unspecified atom stereocenters. The van der Waals surface area contributed by atoms with Gasteiger partial charge in [0.1, 0.15) is 6.33 Å². The van der Waals surface area contributed by atoms with E-state index in [1.807, 2.05) is 0 Å². The van der Waals surface area contributed by atoms with Gasteiger partial charge in [0.15, 0.2) is 5.82 Å². The van der Waals surface area contributed by atoms with Crippen LogP contribution in [0.3, 0.4) is 0 Å². The maximum absolute atomic E-state index is 5.77. The topological polar surface area (TPSA) is 76.7 Å². The Labute approximate surface area is 94.9 Å². The van der Waals surface area contributed by atoms with Gasteiger partial charge >= 0.3 is 0 Å². The van der Waals surface area contributed by atoms with Crippen molar-refractivity contribution in [2.75, 3.05) is 11.1 Å². The zero-order valence-corrected chi connectivity index (χ0v) is 9.27. The first-order valence-corrected chi connectivity index (χ1v) is 4.98. The zero-order chi connectivity index (χ0) is 10.7. The van der Waals surface area contributed by atoms with Gasteiger partial charge in [0.05, 0.1) is 23.8 Å². The van der Waals surface area contributed by atoms with Crippen LogP contribution in [0.2, 0.25) is 0 Å². The molecule has 0 aliphatic carbocycles. The predicted molar refractivity (Wildman–Crippen MR) is 61.7 cm³/mol. The number of rotatable bonds is 2. The van der Waals surface area contributed by atoms with Crippen LogP contribution < -0.4 is 11.1 Å². The van der Waals surface area contributed by atoms with E-state index in [4.69, 9.17) is 5.73 Å². The van der Waals surface area contributed by atoms with Gasteiger partial charge in [-0.3, -0.25) is 0 Å². The molecule has 2 aromatic heterocycles. The molecule has 0 atom stereocenters. The average Bonchev–Trinajstić information content (AvgIpc) is 2.24. The monoisotopic (exact) mass is 265 g/mol. The first-order valence-electron chi connectivity index (χ1n) is 4.19. The van der Waals surface area contributed by atoms with Crippen LogP contribution in [0.4, 0.5) is 17.2 Å². The summed E-state index contributed by atoms with van der Waals surface area (Å²) in [6.45, 7) is 0. The molecule has 2 aromatic rings. The van der Waals surface area contributed by atoms with Crippen LogP contribution in [0.5, 0.6) is 0 Å². The second kappa shape index (κ2) is 4.22. The normalized spacial score (nSPS) is 9.93. The number of nitrogens with zero attached hydrogens (tertiary/aromatic N) is 3. The molecule has 0 fully saturated rings. The number of nitrogen functional groups attached to an aromatic ring is 1. The molecular weight excluding hydrogens is 258 g/mol. The number of hydrogen-bond acceptors (Lipinski definition) is 5. The molecule has 0 aromatic carbocycles. The van der Waals surface area contributed by atoms with Gasteiger partial charge in [-0.25, -0.2) is 15.0 Å². The Morgan fingerprint density at radius 3 is 2.60 bits per heavy atom. The summed E-state index contributed by atoms with van der Waals surface area (Å²) in [5.74, 6) is 0.591. The largest absolute Gasteiger partial charge is 0.396 e. The second-order valence-electron chi connectivity index (χ2n) is 2.84. The quantitative estimate of drug-likeness (QED) is 0.868. The van der Waals surface area contributed by atoms with Crippen molar-refractivity contribution in [2.24, 2.45) is 0 Å². The number of nitrogens with two attached hydrogens (primary N) is 1. The van der Waals surface area contributed by atoms with E-state index < -0.39 is 0 Å². The smallest absolute Gasteiger partial charge is 0.153 e. The highest BCUT2D eigenvalue weighted by atomic mass is 79.9. The van der Waals surface area contributed by atoms with E-state index in [0.29, 0.717) is 11.5 Å². The van der Waals surface area contributed by atoms with Gasteiger partial charge in [-0.2, -0.15) is 0 Å². The van der Waals surface area contributed by atoms with Gasteiger partial charge in [-0.15, -0.1) is 0 Å². The zero-order valence-electron chi connectivity index (χ0n) is 7.68. The van der Waals surface area contributed by atoms with E-state index in [9.17, 15) is 0 Å². The molecule has 3 N–H and O–H groups in total. The van der Waals surface area contributed by atoms with E-state index in [1.165, 1.54) is 6.33 Å². The fourth-order valence-corrected chi connectivity index (χ4v) is 1.41. The molecule has 0 saturated carbocycles. The van der Waals surface area contributed by atoms with Crippen LogP contribution in [0.15, 0.2) is 35.5 Å². The predicted octanol–water partition coefficient (Wildman–Crippen LogP) is 1.96. The van der Waals surface area contributed by atoms with Crippen LogP contribution in [-0.4, -0.2) is 15.0 Å². The molecule has 0 amide bonds. The first-order chi connectivity index (χ1) is 7.25. The third-order valence-corrected chi connectivity index (χ3v) is 2.14. The third-order valence-electron chi connectivity index (χ3n) is 1.71. The fraction of sp³-hybridized carbons (Fsp3) is 0. The van der Waals surface area contributed by atoms with Gasteiger partial charge in [-0.05, 0) is 22.0 Å². The van der Waals surface area contributed by atoms with Crippen molar-refractivity contribution in [1.82, 2.24) is 15.0 Å². The van der Waals surface area contributed by atoms with Crippen molar-refractivity contribution in [1.29, 1.82) is 0 Å². The molecule has 5 nitrogen and oxygen atoms in total. The summed E-state index contributed by atoms with van der Waals surface area (Å²) in [5, 5.41) is 3.02. The van der Waals surface area contributed by atoms with Gasteiger partial charge in [0, 0.05) is 10.7 Å². The standard InChI is InChI=1S/C9H8BrN5/c10-6-1-8(11)9(14-2-6)15-7-3-12-5-13-4-7/h1-5H,11H2,(H,14,15). The Balaban J connectivity index is 2.25. The number of aromatic nitrogens is 3. The van der Waals surface area contributed by atoms with E-state index >= 15 is 0 Å². The fourth-order valence-electron chi connectivity index (χ4n) is 1.06. The summed E-state index contributed by atoms with van der Waals surface area (Å²) >= 11 is 3.29. The number of nitrogens with one attached hydrogen (secondary N) is 1. The lowest BCUT2D eigenvalue weighted by atomic mass is 10.4. The molecule has 2 heterocycles. The van der Waals surface area contributed by atoms with Crippen LogP contribution in [0.1, 0.15) is 0 Å². The molecule has 0 aliphatic rings. The lowest BCUT2D eigenvalue weighted by Gasteiger charge is -2.06. The Morgan fingerprint density at radius 2 is 1.93 bits per heavy atom. The minimum atomic E-state index is 0.563. The highest BCUT2D eigenvalue weighted by Crippen LogP contribution is 2.22.